The number of thiazole rings is 1. The highest BCUT2D eigenvalue weighted by molar-refractivity contribution is 7.18. The summed E-state index contributed by atoms with van der Waals surface area (Å²) >= 11 is 8.22. The van der Waals surface area contributed by atoms with E-state index >= 15 is 0 Å². The average Bonchev–Trinajstić information content (AvgIpc) is 3.65. The van der Waals surface area contributed by atoms with Gasteiger partial charge in [-0.25, -0.2) is 14.8 Å². The number of piperidine rings is 1. The van der Waals surface area contributed by atoms with E-state index < -0.39 is 5.60 Å². The maximum atomic E-state index is 14.3. The zero-order chi connectivity index (χ0) is 33.9. The molecular formula is C38H38ClN5O4S. The minimum absolute atomic E-state index is 0.132. The highest BCUT2D eigenvalue weighted by Gasteiger charge is 2.30. The van der Waals surface area contributed by atoms with E-state index in [4.69, 9.17) is 26.1 Å². The molecule has 2 aliphatic heterocycles. The zero-order valence-electron chi connectivity index (χ0n) is 27.9. The second-order valence-corrected chi connectivity index (χ2v) is 15.7. The van der Waals surface area contributed by atoms with E-state index in [9.17, 15) is 9.59 Å². The van der Waals surface area contributed by atoms with Crippen LogP contribution in [0.4, 0.5) is 10.5 Å². The van der Waals surface area contributed by atoms with Gasteiger partial charge in [0.05, 0.1) is 46.1 Å². The molecule has 9 nitrogen and oxygen atoms in total. The number of aromatic nitrogens is 3. The number of rotatable bonds is 6. The molecule has 1 aliphatic carbocycles. The van der Waals surface area contributed by atoms with Gasteiger partial charge in [-0.15, -0.1) is 11.3 Å². The number of fused-ring (bicyclic) bond motifs is 4. The van der Waals surface area contributed by atoms with Crippen molar-refractivity contribution < 1.29 is 19.1 Å². The number of hydrogen-bond donors (Lipinski definition) is 0. The Balaban J connectivity index is 1.08. The number of carbonyl (C=O) groups is 2. The topological polar surface area (TPSA) is 97.8 Å². The Hall–Kier alpha value is -4.12. The minimum Gasteiger partial charge on any atom is -0.444 e. The molecule has 8 rings (SSSR count). The van der Waals surface area contributed by atoms with Crippen LogP contribution in [0.1, 0.15) is 96.0 Å². The van der Waals surface area contributed by atoms with E-state index in [0.29, 0.717) is 49.5 Å². The molecule has 0 radical (unpaired) electrons. The Kier molecular flexibility index (Phi) is 8.28. The molecule has 2 fully saturated rings. The lowest BCUT2D eigenvalue weighted by molar-refractivity contribution is 0.0204. The van der Waals surface area contributed by atoms with Gasteiger partial charge in [-0.05, 0) is 94.0 Å². The van der Waals surface area contributed by atoms with Crippen LogP contribution < -0.4 is 4.90 Å². The predicted octanol–water partition coefficient (Wildman–Crippen LogP) is 8.76. The van der Waals surface area contributed by atoms with Gasteiger partial charge in [0.15, 0.2) is 0 Å². The third-order valence-corrected chi connectivity index (χ3v) is 11.0. The molecule has 2 amide bonds. The van der Waals surface area contributed by atoms with Crippen LogP contribution in [-0.2, 0) is 29.2 Å². The van der Waals surface area contributed by atoms with Crippen molar-refractivity contribution in [3.63, 3.8) is 0 Å². The number of amides is 2. The fourth-order valence-electron chi connectivity index (χ4n) is 6.73. The maximum Gasteiger partial charge on any atom is 0.410 e. The molecular weight excluding hydrogens is 658 g/mol. The summed E-state index contributed by atoms with van der Waals surface area (Å²) in [6.07, 6.45) is 5.41. The smallest absolute Gasteiger partial charge is 0.410 e. The van der Waals surface area contributed by atoms with Gasteiger partial charge in [-0.2, -0.15) is 0 Å². The lowest BCUT2D eigenvalue weighted by Crippen LogP contribution is -2.41. The van der Waals surface area contributed by atoms with Gasteiger partial charge in [0.1, 0.15) is 10.8 Å². The lowest BCUT2D eigenvalue weighted by atomic mass is 9.98. The fraction of sp³-hybridized carbons (Fsp3) is 0.395. The van der Waals surface area contributed by atoms with Gasteiger partial charge < -0.3 is 19.3 Å². The number of pyridine rings is 2. The number of hydrogen-bond acceptors (Lipinski definition) is 8. The van der Waals surface area contributed by atoms with Gasteiger partial charge in [0, 0.05) is 53.5 Å². The molecule has 252 valence electrons. The molecule has 1 saturated carbocycles. The molecule has 5 aromatic rings. The Labute approximate surface area is 294 Å². The summed E-state index contributed by atoms with van der Waals surface area (Å²) in [6.45, 7) is 8.26. The molecule has 2 aromatic carbocycles. The van der Waals surface area contributed by atoms with E-state index in [1.165, 1.54) is 0 Å². The molecule has 49 heavy (non-hydrogen) atoms. The summed E-state index contributed by atoms with van der Waals surface area (Å²) in [7, 11) is 0. The van der Waals surface area contributed by atoms with Crippen LogP contribution in [0.2, 0.25) is 5.15 Å². The molecule has 1 saturated heterocycles. The number of nitrogens with zero attached hydrogens (tertiary/aromatic N) is 5. The van der Waals surface area contributed by atoms with Crippen LogP contribution >= 0.6 is 22.9 Å². The number of halogens is 1. The van der Waals surface area contributed by atoms with Crippen molar-refractivity contribution in [2.75, 3.05) is 18.0 Å². The maximum absolute atomic E-state index is 14.3. The number of ether oxygens (including phenoxy) is 2. The highest BCUT2D eigenvalue weighted by atomic mass is 35.5. The molecule has 5 heterocycles. The molecule has 0 N–H and O–H groups in total. The number of carbonyl (C=O) groups excluding carboxylic acids is 2. The summed E-state index contributed by atoms with van der Waals surface area (Å²) in [5, 5.41) is 2.54. The largest absolute Gasteiger partial charge is 0.444 e. The summed E-state index contributed by atoms with van der Waals surface area (Å²) < 4.78 is 12.3. The van der Waals surface area contributed by atoms with Crippen LogP contribution in [0.15, 0.2) is 54.7 Å². The van der Waals surface area contributed by atoms with Crippen molar-refractivity contribution in [1.29, 1.82) is 0 Å². The van der Waals surface area contributed by atoms with Gasteiger partial charge in [-0.1, -0.05) is 23.7 Å². The highest BCUT2D eigenvalue weighted by Crippen LogP contribution is 2.39. The first kappa shape index (κ1) is 32.1. The summed E-state index contributed by atoms with van der Waals surface area (Å²) in [4.78, 5) is 44.8. The van der Waals surface area contributed by atoms with E-state index in [1.54, 1.807) is 27.3 Å². The normalized spacial score (nSPS) is 16.7. The zero-order valence-corrected chi connectivity index (χ0v) is 29.4. The van der Waals surface area contributed by atoms with E-state index in [0.717, 1.165) is 79.9 Å². The second kappa shape index (κ2) is 12.6. The predicted molar refractivity (Wildman–Crippen MR) is 191 cm³/mol. The van der Waals surface area contributed by atoms with Crippen LogP contribution in [0.25, 0.3) is 21.1 Å². The van der Waals surface area contributed by atoms with Crippen LogP contribution in [0, 0.1) is 0 Å². The number of likely N-dealkylation sites (tertiary alicyclic amines) is 1. The van der Waals surface area contributed by atoms with Gasteiger partial charge in [0.25, 0.3) is 5.91 Å². The lowest BCUT2D eigenvalue weighted by Gasteiger charge is -2.32. The Morgan fingerprint density at radius 3 is 2.49 bits per heavy atom. The van der Waals surface area contributed by atoms with Gasteiger partial charge in [-0.3, -0.25) is 9.78 Å². The van der Waals surface area contributed by atoms with Crippen molar-refractivity contribution in [1.82, 2.24) is 19.9 Å². The van der Waals surface area contributed by atoms with Crippen molar-refractivity contribution in [2.45, 2.75) is 83.6 Å². The Bertz CT molecular complexity index is 2080. The van der Waals surface area contributed by atoms with Crippen molar-refractivity contribution in [2.24, 2.45) is 0 Å². The number of benzene rings is 2. The summed E-state index contributed by atoms with van der Waals surface area (Å²) in [5.74, 6) is 0.638. The second-order valence-electron chi connectivity index (χ2n) is 14.3. The monoisotopic (exact) mass is 695 g/mol. The molecule has 11 heteroatoms. The fourth-order valence-corrected chi connectivity index (χ4v) is 8.11. The van der Waals surface area contributed by atoms with Crippen LogP contribution in [0.5, 0.6) is 0 Å². The first-order valence-corrected chi connectivity index (χ1v) is 18.1. The minimum atomic E-state index is -0.515. The Morgan fingerprint density at radius 2 is 1.76 bits per heavy atom. The van der Waals surface area contributed by atoms with E-state index in [2.05, 4.69) is 22.1 Å². The van der Waals surface area contributed by atoms with Crippen molar-refractivity contribution in [3.05, 3.63) is 92.8 Å². The summed E-state index contributed by atoms with van der Waals surface area (Å²) in [5.41, 5.74) is 6.43. The first-order chi connectivity index (χ1) is 23.6. The standard InChI is InChI=1S/C38H38ClN5O4S/c1-38(2,3)48-37(46)43-14-12-24(13-15-43)35-42-32-17-26(8-11-33(32)49-35)44(36(45)25-7-10-30(40-18-25)23-5-6-23)19-22-4-9-27-28-20-47-21-29(28)34(39)41-31(27)16-22/h4,7-11,16-18,23-24H,5-6,12-15,19-21H2,1-3H3. The molecule has 3 aromatic heterocycles. The van der Waals surface area contributed by atoms with E-state index in [1.807, 2.05) is 57.2 Å². The third-order valence-electron chi connectivity index (χ3n) is 9.52. The molecule has 0 atom stereocenters. The van der Waals surface area contributed by atoms with Crippen molar-refractivity contribution >= 4 is 61.7 Å². The molecule has 0 bridgehead atoms. The summed E-state index contributed by atoms with van der Waals surface area (Å²) in [6, 6.07) is 16.1. The first-order valence-electron chi connectivity index (χ1n) is 16.9. The molecule has 0 unspecified atom stereocenters. The average molecular weight is 696 g/mol. The van der Waals surface area contributed by atoms with Crippen molar-refractivity contribution in [3.8, 4) is 0 Å². The quantitative estimate of drug-likeness (QED) is 0.164. The van der Waals surface area contributed by atoms with Crippen LogP contribution in [-0.4, -0.2) is 50.5 Å². The van der Waals surface area contributed by atoms with Gasteiger partial charge in [0.2, 0.25) is 0 Å². The Morgan fingerprint density at radius 1 is 0.959 bits per heavy atom. The third kappa shape index (κ3) is 6.61. The van der Waals surface area contributed by atoms with Gasteiger partial charge >= 0.3 is 6.09 Å². The SMILES string of the molecule is CC(C)(C)OC(=O)N1CCC(c2nc3cc(N(Cc4ccc5c6c(c(Cl)nc5c4)COC6)C(=O)c4ccc(C5CC5)nc4)ccc3s2)CC1. The van der Waals surface area contributed by atoms with Crippen LogP contribution in [0.3, 0.4) is 0 Å². The number of anilines is 1. The van der Waals surface area contributed by atoms with E-state index in [-0.39, 0.29) is 17.9 Å². The molecule has 0 spiro atoms. The molecule has 3 aliphatic rings.